The van der Waals surface area contributed by atoms with Crippen molar-refractivity contribution in [2.45, 2.75) is 18.4 Å². The lowest BCUT2D eigenvalue weighted by Gasteiger charge is -2.16. The Labute approximate surface area is 173 Å². The Morgan fingerprint density at radius 2 is 2.00 bits per heavy atom. The van der Waals surface area contributed by atoms with Crippen LogP contribution >= 0.6 is 11.6 Å². The first-order valence-electron chi connectivity index (χ1n) is 8.46. The summed E-state index contributed by atoms with van der Waals surface area (Å²) in [7, 11) is -1.47. The van der Waals surface area contributed by atoms with Crippen LogP contribution in [0.2, 0.25) is 5.02 Å². The summed E-state index contributed by atoms with van der Waals surface area (Å²) in [5.74, 6) is -0.187. The fourth-order valence-electron chi connectivity index (χ4n) is 2.61. The van der Waals surface area contributed by atoms with E-state index < -0.39 is 16.0 Å². The Kier molecular flexibility index (Phi) is 6.02. The molecule has 0 atom stereocenters. The van der Waals surface area contributed by atoms with Gasteiger partial charge in [-0.2, -0.15) is 9.29 Å². The number of hydrogen-bond acceptors (Lipinski definition) is 7. The van der Waals surface area contributed by atoms with Crippen molar-refractivity contribution in [2.24, 2.45) is 0 Å². The molecule has 3 aromatic rings. The smallest absolute Gasteiger partial charge is 0.337 e. The van der Waals surface area contributed by atoms with Crippen LogP contribution < -0.4 is 0 Å². The molecule has 8 nitrogen and oxygen atoms in total. The number of carbonyl (C=O) groups is 1. The molecule has 0 spiro atoms. The van der Waals surface area contributed by atoms with E-state index in [2.05, 4.69) is 14.9 Å². The number of esters is 1. The van der Waals surface area contributed by atoms with Gasteiger partial charge in [-0.15, -0.1) is 0 Å². The van der Waals surface area contributed by atoms with Gasteiger partial charge in [0, 0.05) is 12.6 Å². The molecule has 2 aromatic carbocycles. The number of aryl methyl sites for hydroxylation is 1. The van der Waals surface area contributed by atoms with E-state index in [4.69, 9.17) is 16.1 Å². The van der Waals surface area contributed by atoms with Crippen LogP contribution in [-0.4, -0.2) is 43.0 Å². The molecular weight excluding hydrogens is 418 g/mol. The standard InChI is InChI=1S/C19H18ClN3O5S/c1-12-5-4-6-13(9-12)18-21-17(28-22-18)11-23(2)29(25,26)16-10-14(19(24)27-3)7-8-15(16)20/h4-10H,11H2,1-3H3. The van der Waals surface area contributed by atoms with Crippen LogP contribution in [0.3, 0.4) is 0 Å². The van der Waals surface area contributed by atoms with Crippen LogP contribution in [0.4, 0.5) is 0 Å². The molecule has 0 fully saturated rings. The highest BCUT2D eigenvalue weighted by Crippen LogP contribution is 2.27. The minimum absolute atomic E-state index is 0.0181. The first-order valence-corrected chi connectivity index (χ1v) is 10.3. The van der Waals surface area contributed by atoms with Gasteiger partial charge in [-0.3, -0.25) is 0 Å². The predicted octanol–water partition coefficient (Wildman–Crippen LogP) is 3.31. The number of nitrogens with zero attached hydrogens (tertiary/aromatic N) is 3. The molecule has 0 aliphatic carbocycles. The number of ether oxygens (including phenoxy) is 1. The molecule has 0 N–H and O–H groups in total. The third kappa shape index (κ3) is 4.47. The minimum atomic E-state index is -4.03. The molecule has 0 amide bonds. The summed E-state index contributed by atoms with van der Waals surface area (Å²) in [4.78, 5) is 15.8. The molecule has 29 heavy (non-hydrogen) atoms. The number of sulfonamides is 1. The van der Waals surface area contributed by atoms with Crippen LogP contribution in [0.1, 0.15) is 21.8 Å². The number of halogens is 1. The molecule has 152 valence electrons. The molecule has 1 heterocycles. The number of hydrogen-bond donors (Lipinski definition) is 0. The van der Waals surface area contributed by atoms with Crippen LogP contribution in [0, 0.1) is 6.92 Å². The molecule has 0 bridgehead atoms. The average Bonchev–Trinajstić information content (AvgIpc) is 3.16. The van der Waals surface area contributed by atoms with Crippen molar-refractivity contribution < 1.29 is 22.5 Å². The summed E-state index contributed by atoms with van der Waals surface area (Å²) in [6.45, 7) is 1.77. The van der Waals surface area contributed by atoms with Gasteiger partial charge in [0.2, 0.25) is 21.7 Å². The minimum Gasteiger partial charge on any atom is -0.465 e. The largest absolute Gasteiger partial charge is 0.465 e. The second kappa shape index (κ2) is 8.32. The molecule has 3 rings (SSSR count). The van der Waals surface area contributed by atoms with Gasteiger partial charge >= 0.3 is 5.97 Å². The first-order chi connectivity index (χ1) is 13.7. The van der Waals surface area contributed by atoms with Crippen molar-refractivity contribution in [1.82, 2.24) is 14.4 Å². The Balaban J connectivity index is 1.85. The quantitative estimate of drug-likeness (QED) is 0.547. The second-order valence-electron chi connectivity index (χ2n) is 6.28. The summed E-state index contributed by atoms with van der Waals surface area (Å²) < 4.78 is 36.7. The van der Waals surface area contributed by atoms with Crippen LogP contribution in [-0.2, 0) is 21.3 Å². The van der Waals surface area contributed by atoms with Crippen molar-refractivity contribution in [2.75, 3.05) is 14.2 Å². The van der Waals surface area contributed by atoms with E-state index in [-0.39, 0.29) is 27.9 Å². The van der Waals surface area contributed by atoms with Gasteiger partial charge in [0.05, 0.1) is 24.2 Å². The normalized spacial score (nSPS) is 11.6. The lowest BCUT2D eigenvalue weighted by molar-refractivity contribution is 0.0600. The molecule has 0 saturated carbocycles. The van der Waals surface area contributed by atoms with Crippen molar-refractivity contribution >= 4 is 27.6 Å². The van der Waals surface area contributed by atoms with Gasteiger partial charge in [-0.1, -0.05) is 40.5 Å². The molecule has 1 aromatic heterocycles. The number of rotatable bonds is 6. The maximum absolute atomic E-state index is 12.9. The third-order valence-corrected chi connectivity index (χ3v) is 6.43. The Morgan fingerprint density at radius 1 is 1.24 bits per heavy atom. The SMILES string of the molecule is COC(=O)c1ccc(Cl)c(S(=O)(=O)N(C)Cc2nc(-c3cccc(C)c3)no2)c1. The number of carbonyl (C=O) groups excluding carboxylic acids is 1. The predicted molar refractivity (Wildman–Crippen MR) is 106 cm³/mol. The van der Waals surface area contributed by atoms with E-state index >= 15 is 0 Å². The second-order valence-corrected chi connectivity index (χ2v) is 8.70. The first kappa shape index (κ1) is 21.0. The van der Waals surface area contributed by atoms with Gasteiger partial charge in [0.25, 0.3) is 0 Å². The molecule has 0 aliphatic heterocycles. The summed E-state index contributed by atoms with van der Waals surface area (Å²) >= 11 is 6.07. The van der Waals surface area contributed by atoms with Gasteiger partial charge in [0.1, 0.15) is 4.90 Å². The van der Waals surface area contributed by atoms with E-state index in [9.17, 15) is 13.2 Å². The fraction of sp³-hybridized carbons (Fsp3) is 0.211. The van der Waals surface area contributed by atoms with E-state index in [0.29, 0.717) is 5.82 Å². The van der Waals surface area contributed by atoms with Crippen LogP contribution in [0.5, 0.6) is 0 Å². The Hall–Kier alpha value is -2.75. The highest BCUT2D eigenvalue weighted by molar-refractivity contribution is 7.89. The van der Waals surface area contributed by atoms with Gasteiger partial charge in [-0.05, 0) is 31.2 Å². The van der Waals surface area contributed by atoms with E-state index in [1.54, 1.807) is 0 Å². The summed E-state index contributed by atoms with van der Waals surface area (Å²) in [6, 6.07) is 11.4. The van der Waals surface area contributed by atoms with Crippen molar-refractivity contribution in [3.8, 4) is 11.4 Å². The molecule has 0 aliphatic rings. The topological polar surface area (TPSA) is 103 Å². The number of aromatic nitrogens is 2. The molecular formula is C19H18ClN3O5S. The monoisotopic (exact) mass is 435 g/mol. The molecule has 10 heteroatoms. The average molecular weight is 436 g/mol. The maximum atomic E-state index is 12.9. The van der Waals surface area contributed by atoms with Crippen LogP contribution in [0.15, 0.2) is 51.9 Å². The van der Waals surface area contributed by atoms with Gasteiger partial charge in [-0.25, -0.2) is 13.2 Å². The zero-order valence-corrected chi connectivity index (χ0v) is 17.5. The maximum Gasteiger partial charge on any atom is 0.337 e. The van der Waals surface area contributed by atoms with Crippen molar-refractivity contribution in [3.63, 3.8) is 0 Å². The van der Waals surface area contributed by atoms with Crippen LogP contribution in [0.25, 0.3) is 11.4 Å². The number of benzene rings is 2. The van der Waals surface area contributed by atoms with Crippen molar-refractivity contribution in [3.05, 3.63) is 64.5 Å². The summed E-state index contributed by atoms with van der Waals surface area (Å²) in [6.07, 6.45) is 0. The van der Waals surface area contributed by atoms with Gasteiger partial charge < -0.3 is 9.26 Å². The lowest BCUT2D eigenvalue weighted by atomic mass is 10.1. The molecule has 0 saturated heterocycles. The lowest BCUT2D eigenvalue weighted by Crippen LogP contribution is -2.27. The summed E-state index contributed by atoms with van der Waals surface area (Å²) in [5.41, 5.74) is 1.87. The van der Waals surface area contributed by atoms with E-state index in [1.165, 1.54) is 32.4 Å². The highest BCUT2D eigenvalue weighted by atomic mass is 35.5. The Bertz CT molecular complexity index is 1160. The van der Waals surface area contributed by atoms with Gasteiger partial charge in [0.15, 0.2) is 0 Å². The van der Waals surface area contributed by atoms with E-state index in [0.717, 1.165) is 15.4 Å². The molecule has 0 unspecified atom stereocenters. The molecule has 0 radical (unpaired) electrons. The zero-order valence-electron chi connectivity index (χ0n) is 15.9. The fourth-order valence-corrected chi connectivity index (χ4v) is 4.23. The van der Waals surface area contributed by atoms with Crippen molar-refractivity contribution in [1.29, 1.82) is 0 Å². The third-order valence-electron chi connectivity index (χ3n) is 4.14. The Morgan fingerprint density at radius 3 is 2.69 bits per heavy atom. The van der Waals surface area contributed by atoms with E-state index in [1.807, 2.05) is 31.2 Å². The highest BCUT2D eigenvalue weighted by Gasteiger charge is 2.27. The zero-order chi connectivity index (χ0) is 21.2. The summed E-state index contributed by atoms with van der Waals surface area (Å²) in [5, 5.41) is 3.89. The number of methoxy groups -OCH3 is 1.